The van der Waals surface area contributed by atoms with E-state index in [0.29, 0.717) is 6.42 Å². The Balaban J connectivity index is 4.24. The summed E-state index contributed by atoms with van der Waals surface area (Å²) >= 11 is 0. The first-order valence-electron chi connectivity index (χ1n) is 4.14. The molecule has 0 N–H and O–H groups in total. The average molecular weight is 181 g/mol. The van der Waals surface area contributed by atoms with Crippen molar-refractivity contribution in [2.75, 3.05) is 0 Å². The zero-order chi connectivity index (χ0) is 10.5. The summed E-state index contributed by atoms with van der Waals surface area (Å²) in [6, 6.07) is 1.88. The molecule has 0 heterocycles. The van der Waals surface area contributed by atoms with Crippen molar-refractivity contribution in [1.29, 1.82) is 5.26 Å². The van der Waals surface area contributed by atoms with Gasteiger partial charge in [0.25, 0.3) is 0 Å². The largest absolute Gasteiger partial charge is 0.459 e. The summed E-state index contributed by atoms with van der Waals surface area (Å²) < 4.78 is 5.03. The van der Waals surface area contributed by atoms with Gasteiger partial charge in [-0.25, -0.2) is 0 Å². The molecule has 72 valence electrons. The van der Waals surface area contributed by atoms with Gasteiger partial charge < -0.3 is 4.74 Å². The number of rotatable bonds is 3. The van der Waals surface area contributed by atoms with E-state index in [4.69, 9.17) is 10.00 Å². The fourth-order valence-electron chi connectivity index (χ4n) is 0.741. The molecule has 0 rings (SSSR count). The molecule has 3 nitrogen and oxygen atoms in total. The van der Waals surface area contributed by atoms with Gasteiger partial charge in [-0.15, -0.1) is 6.58 Å². The molecule has 13 heavy (non-hydrogen) atoms. The highest BCUT2D eigenvalue weighted by Gasteiger charge is 2.23. The lowest BCUT2D eigenvalue weighted by Crippen LogP contribution is -2.28. The third-order valence-electron chi connectivity index (χ3n) is 1.25. The van der Waals surface area contributed by atoms with Crippen LogP contribution in [-0.2, 0) is 9.53 Å². The lowest BCUT2D eigenvalue weighted by Gasteiger charge is -2.20. The molecule has 0 saturated heterocycles. The minimum absolute atomic E-state index is 0.339. The number of esters is 1. The van der Waals surface area contributed by atoms with Crippen LogP contribution in [0.3, 0.4) is 0 Å². The second-order valence-corrected chi connectivity index (χ2v) is 3.74. The Labute approximate surface area is 79.0 Å². The molecule has 0 bridgehead atoms. The van der Waals surface area contributed by atoms with Crippen LogP contribution in [0.15, 0.2) is 12.7 Å². The number of ether oxygens (including phenoxy) is 1. The second kappa shape index (κ2) is 4.66. The molecule has 1 unspecified atom stereocenters. The van der Waals surface area contributed by atoms with Crippen LogP contribution >= 0.6 is 0 Å². The number of hydrogen-bond donors (Lipinski definition) is 0. The predicted molar refractivity (Wildman–Crippen MR) is 49.8 cm³/mol. The predicted octanol–water partition coefficient (Wildman–Crippen LogP) is 2.04. The van der Waals surface area contributed by atoms with E-state index in [1.165, 1.54) is 6.08 Å². The Bertz CT molecular complexity index is 232. The van der Waals surface area contributed by atoms with Crippen LogP contribution in [0.5, 0.6) is 0 Å². The fourth-order valence-corrected chi connectivity index (χ4v) is 0.741. The van der Waals surface area contributed by atoms with Gasteiger partial charge in [0.05, 0.1) is 6.07 Å². The van der Waals surface area contributed by atoms with Crippen LogP contribution in [0.4, 0.5) is 0 Å². The maximum Gasteiger partial charge on any atom is 0.324 e. The molecule has 0 fully saturated rings. The van der Waals surface area contributed by atoms with Crippen LogP contribution in [0.25, 0.3) is 0 Å². The number of carbonyl (C=O) groups excluding carboxylic acids is 1. The van der Waals surface area contributed by atoms with E-state index in [1.807, 2.05) is 6.07 Å². The van der Waals surface area contributed by atoms with Crippen LogP contribution in [0.1, 0.15) is 27.2 Å². The van der Waals surface area contributed by atoms with E-state index in [0.717, 1.165) is 0 Å². The summed E-state index contributed by atoms with van der Waals surface area (Å²) in [5.74, 6) is -1.20. The highest BCUT2D eigenvalue weighted by atomic mass is 16.6. The zero-order valence-corrected chi connectivity index (χ0v) is 8.33. The molecule has 0 aliphatic carbocycles. The number of nitriles is 1. The first kappa shape index (κ1) is 11.7. The Kier molecular flexibility index (Phi) is 4.19. The van der Waals surface area contributed by atoms with Crippen LogP contribution < -0.4 is 0 Å². The Morgan fingerprint density at radius 1 is 1.69 bits per heavy atom. The fraction of sp³-hybridized carbons (Fsp3) is 0.600. The molecular formula is C10H15NO2. The quantitative estimate of drug-likeness (QED) is 0.494. The topological polar surface area (TPSA) is 50.1 Å². The lowest BCUT2D eigenvalue weighted by molar-refractivity contribution is -0.157. The van der Waals surface area contributed by atoms with E-state index in [9.17, 15) is 4.79 Å². The smallest absolute Gasteiger partial charge is 0.324 e. The summed E-state index contributed by atoms with van der Waals surface area (Å²) in [5.41, 5.74) is -0.534. The standard InChI is InChI=1S/C10H15NO2/c1-5-6-8(7-11)9(12)13-10(2,3)4/h5,8H,1,6H2,2-4H3. The van der Waals surface area contributed by atoms with Gasteiger partial charge >= 0.3 is 5.97 Å². The molecule has 0 aliphatic heterocycles. The van der Waals surface area contributed by atoms with Crippen molar-refractivity contribution in [1.82, 2.24) is 0 Å². The number of carbonyl (C=O) groups is 1. The summed E-state index contributed by atoms with van der Waals surface area (Å²) in [4.78, 5) is 11.3. The Hall–Kier alpha value is -1.30. The van der Waals surface area contributed by atoms with Crippen molar-refractivity contribution < 1.29 is 9.53 Å². The zero-order valence-electron chi connectivity index (χ0n) is 8.33. The summed E-state index contributed by atoms with van der Waals surface area (Å²) in [7, 11) is 0. The highest BCUT2D eigenvalue weighted by molar-refractivity contribution is 5.75. The first-order valence-corrected chi connectivity index (χ1v) is 4.14. The monoisotopic (exact) mass is 181 g/mol. The van der Waals surface area contributed by atoms with Crippen molar-refractivity contribution in [2.24, 2.45) is 5.92 Å². The molecule has 3 heteroatoms. The van der Waals surface area contributed by atoms with Gasteiger partial charge in [0, 0.05) is 0 Å². The molecule has 0 amide bonds. The van der Waals surface area contributed by atoms with Crippen molar-refractivity contribution in [3.05, 3.63) is 12.7 Å². The van der Waals surface area contributed by atoms with Gasteiger partial charge in [0.2, 0.25) is 0 Å². The second-order valence-electron chi connectivity index (χ2n) is 3.74. The van der Waals surface area contributed by atoms with Gasteiger partial charge in [0.1, 0.15) is 11.5 Å². The van der Waals surface area contributed by atoms with Crippen LogP contribution in [0, 0.1) is 17.2 Å². The summed E-state index contributed by atoms with van der Waals surface area (Å²) in [5, 5.41) is 8.63. The molecule has 0 aliphatic rings. The molecule has 0 aromatic rings. The van der Waals surface area contributed by atoms with E-state index in [-0.39, 0.29) is 0 Å². The van der Waals surface area contributed by atoms with Gasteiger partial charge in [0.15, 0.2) is 0 Å². The van der Waals surface area contributed by atoms with Crippen LogP contribution in [0.2, 0.25) is 0 Å². The molecule has 0 saturated carbocycles. The van der Waals surface area contributed by atoms with E-state index >= 15 is 0 Å². The SMILES string of the molecule is C=CCC(C#N)C(=O)OC(C)(C)C. The molecule has 1 atom stereocenters. The number of allylic oxidation sites excluding steroid dienone is 1. The van der Waals surface area contributed by atoms with Gasteiger partial charge in [-0.05, 0) is 27.2 Å². The van der Waals surface area contributed by atoms with Gasteiger partial charge in [-0.1, -0.05) is 6.08 Å². The minimum Gasteiger partial charge on any atom is -0.459 e. The van der Waals surface area contributed by atoms with E-state index in [2.05, 4.69) is 6.58 Å². The average Bonchev–Trinajstić information content (AvgIpc) is 1.96. The highest BCUT2D eigenvalue weighted by Crippen LogP contribution is 2.13. The normalized spacial score (nSPS) is 12.8. The van der Waals surface area contributed by atoms with Crippen molar-refractivity contribution in [3.8, 4) is 6.07 Å². The summed E-state index contributed by atoms with van der Waals surface area (Å²) in [6.45, 7) is 8.78. The molecule has 0 spiro atoms. The van der Waals surface area contributed by atoms with Crippen molar-refractivity contribution >= 4 is 5.97 Å². The van der Waals surface area contributed by atoms with Crippen molar-refractivity contribution in [3.63, 3.8) is 0 Å². The van der Waals surface area contributed by atoms with Crippen molar-refractivity contribution in [2.45, 2.75) is 32.8 Å². The minimum atomic E-state index is -0.725. The van der Waals surface area contributed by atoms with Crippen LogP contribution in [-0.4, -0.2) is 11.6 Å². The van der Waals surface area contributed by atoms with Gasteiger partial charge in [-0.3, -0.25) is 4.79 Å². The molecular weight excluding hydrogens is 166 g/mol. The van der Waals surface area contributed by atoms with Gasteiger partial charge in [-0.2, -0.15) is 5.26 Å². The number of hydrogen-bond acceptors (Lipinski definition) is 3. The lowest BCUT2D eigenvalue weighted by atomic mass is 10.1. The van der Waals surface area contributed by atoms with E-state index in [1.54, 1.807) is 20.8 Å². The maximum absolute atomic E-state index is 11.3. The summed E-state index contributed by atoms with van der Waals surface area (Å²) in [6.07, 6.45) is 1.88. The molecule has 0 aromatic heterocycles. The Morgan fingerprint density at radius 2 is 2.23 bits per heavy atom. The number of nitrogens with zero attached hydrogens (tertiary/aromatic N) is 1. The third kappa shape index (κ3) is 5.02. The first-order chi connectivity index (χ1) is 5.90. The molecule has 0 aromatic carbocycles. The maximum atomic E-state index is 11.3. The van der Waals surface area contributed by atoms with E-state index < -0.39 is 17.5 Å². The Morgan fingerprint density at radius 3 is 2.54 bits per heavy atom. The third-order valence-corrected chi connectivity index (χ3v) is 1.25. The molecule has 0 radical (unpaired) electrons.